The molecular weight excluding hydrogens is 86.1 g/mol. The monoisotopic (exact) mass is 97.1 g/mol. The number of rotatable bonds is 0. The molecule has 0 radical (unpaired) electrons. The van der Waals surface area contributed by atoms with Gasteiger partial charge in [-0.1, -0.05) is 5.57 Å². The van der Waals surface area contributed by atoms with Crippen LogP contribution in [0.4, 0.5) is 0 Å². The molecule has 0 unspecified atom stereocenters. The minimum absolute atomic E-state index is 1.25. The zero-order valence-electron chi connectivity index (χ0n) is 4.48. The first-order valence-corrected chi connectivity index (χ1v) is 2.83. The molecule has 0 aromatic carbocycles. The number of hydrogen-bond acceptors (Lipinski definition) is 1. The third-order valence-corrected chi connectivity index (χ3v) is 1.48. The maximum Gasteiger partial charge on any atom is -0.00705 e. The molecule has 7 heavy (non-hydrogen) atoms. The molecule has 0 bridgehead atoms. The Balaban J connectivity index is 2.41. The average molecular weight is 97.2 g/mol. The predicted molar refractivity (Wildman–Crippen MR) is 30.7 cm³/mol. The summed E-state index contributed by atoms with van der Waals surface area (Å²) in [4.78, 5) is 0. The molecule has 1 aliphatic rings. The van der Waals surface area contributed by atoms with Crippen LogP contribution in [-0.2, 0) is 0 Å². The van der Waals surface area contributed by atoms with Gasteiger partial charge in [0.1, 0.15) is 0 Å². The average Bonchev–Trinajstić information content (AvgIpc) is 2.14. The van der Waals surface area contributed by atoms with E-state index in [1.165, 1.54) is 31.3 Å². The highest BCUT2D eigenvalue weighted by molar-refractivity contribution is 5.03. The van der Waals surface area contributed by atoms with Crippen molar-refractivity contribution in [1.82, 2.24) is 0 Å². The molecular formula is C6H11N. The molecule has 1 aliphatic carbocycles. The van der Waals surface area contributed by atoms with Crippen LogP contribution >= 0.6 is 0 Å². The van der Waals surface area contributed by atoms with Crippen LogP contribution in [-0.4, -0.2) is 0 Å². The van der Waals surface area contributed by atoms with Crippen LogP contribution in [0.1, 0.15) is 25.7 Å². The molecule has 0 amide bonds. The summed E-state index contributed by atoms with van der Waals surface area (Å²) in [5.74, 6) is 0. The van der Waals surface area contributed by atoms with Gasteiger partial charge in [-0.3, -0.25) is 0 Å². The van der Waals surface area contributed by atoms with Crippen molar-refractivity contribution in [2.24, 2.45) is 5.73 Å². The Morgan fingerprint density at radius 1 is 1.29 bits per heavy atom. The lowest BCUT2D eigenvalue weighted by molar-refractivity contribution is 0.886. The van der Waals surface area contributed by atoms with Gasteiger partial charge in [-0.25, -0.2) is 0 Å². The van der Waals surface area contributed by atoms with Crippen molar-refractivity contribution in [1.29, 1.82) is 0 Å². The summed E-state index contributed by atoms with van der Waals surface area (Å²) < 4.78 is 0. The molecule has 0 saturated heterocycles. The van der Waals surface area contributed by atoms with Gasteiger partial charge < -0.3 is 5.73 Å². The van der Waals surface area contributed by atoms with Crippen LogP contribution in [0.25, 0.3) is 0 Å². The van der Waals surface area contributed by atoms with Gasteiger partial charge in [-0.2, -0.15) is 0 Å². The Morgan fingerprint density at radius 2 is 1.86 bits per heavy atom. The van der Waals surface area contributed by atoms with Crippen molar-refractivity contribution in [2.75, 3.05) is 0 Å². The summed E-state index contributed by atoms with van der Waals surface area (Å²) >= 11 is 0. The molecule has 1 rings (SSSR count). The van der Waals surface area contributed by atoms with Gasteiger partial charge >= 0.3 is 0 Å². The molecule has 1 fully saturated rings. The fourth-order valence-corrected chi connectivity index (χ4v) is 0.996. The molecule has 1 heteroatoms. The second-order valence-corrected chi connectivity index (χ2v) is 2.03. The van der Waals surface area contributed by atoms with Gasteiger partial charge in [0, 0.05) is 0 Å². The van der Waals surface area contributed by atoms with Crippen molar-refractivity contribution in [3.63, 3.8) is 0 Å². The lowest BCUT2D eigenvalue weighted by atomic mass is 10.2. The van der Waals surface area contributed by atoms with Gasteiger partial charge in [-0.15, -0.1) is 0 Å². The summed E-state index contributed by atoms with van der Waals surface area (Å²) in [6.45, 7) is 0. The van der Waals surface area contributed by atoms with Crippen molar-refractivity contribution in [3.05, 3.63) is 11.8 Å². The van der Waals surface area contributed by atoms with Crippen LogP contribution in [0.2, 0.25) is 0 Å². The number of nitrogens with two attached hydrogens (primary N) is 1. The third kappa shape index (κ3) is 0.952. The van der Waals surface area contributed by atoms with Crippen LogP contribution in [0.5, 0.6) is 0 Å². The summed E-state index contributed by atoms with van der Waals surface area (Å²) in [6, 6.07) is 0. The SMILES string of the molecule is NC=C1CCCC1. The van der Waals surface area contributed by atoms with E-state index in [0.29, 0.717) is 0 Å². The Morgan fingerprint density at radius 3 is 2.14 bits per heavy atom. The molecule has 0 spiro atoms. The first-order valence-electron chi connectivity index (χ1n) is 2.83. The smallest absolute Gasteiger partial charge is 0.00705 e. The fourth-order valence-electron chi connectivity index (χ4n) is 0.996. The zero-order valence-corrected chi connectivity index (χ0v) is 4.48. The molecule has 2 N–H and O–H groups in total. The Bertz CT molecular complexity index is 76.2. The van der Waals surface area contributed by atoms with Gasteiger partial charge in [-0.05, 0) is 31.9 Å². The second-order valence-electron chi connectivity index (χ2n) is 2.03. The highest BCUT2D eigenvalue weighted by Crippen LogP contribution is 2.21. The number of allylic oxidation sites excluding steroid dienone is 1. The summed E-state index contributed by atoms with van der Waals surface area (Å²) in [6.07, 6.45) is 6.95. The minimum atomic E-state index is 1.25. The molecule has 1 saturated carbocycles. The second kappa shape index (κ2) is 2.01. The van der Waals surface area contributed by atoms with E-state index in [-0.39, 0.29) is 0 Å². The molecule has 0 atom stereocenters. The Labute approximate surface area is 44.2 Å². The predicted octanol–water partition coefficient (Wildman–Crippen LogP) is 1.40. The van der Waals surface area contributed by atoms with E-state index < -0.39 is 0 Å². The minimum Gasteiger partial charge on any atom is -0.405 e. The largest absolute Gasteiger partial charge is 0.405 e. The van der Waals surface area contributed by atoms with Crippen molar-refractivity contribution in [2.45, 2.75) is 25.7 Å². The molecule has 1 nitrogen and oxygen atoms in total. The highest BCUT2D eigenvalue weighted by atomic mass is 14.5. The van der Waals surface area contributed by atoms with E-state index in [9.17, 15) is 0 Å². The lowest BCUT2D eigenvalue weighted by Crippen LogP contribution is -1.81. The third-order valence-electron chi connectivity index (χ3n) is 1.48. The van der Waals surface area contributed by atoms with E-state index in [4.69, 9.17) is 5.73 Å². The Hall–Kier alpha value is -0.460. The fraction of sp³-hybridized carbons (Fsp3) is 0.667. The maximum atomic E-state index is 5.27. The normalized spacial score (nSPS) is 20.3. The van der Waals surface area contributed by atoms with Gasteiger partial charge in [0.25, 0.3) is 0 Å². The first kappa shape index (κ1) is 4.69. The van der Waals surface area contributed by atoms with Crippen LogP contribution in [0.3, 0.4) is 0 Å². The molecule has 0 aromatic heterocycles. The van der Waals surface area contributed by atoms with E-state index in [1.807, 2.05) is 0 Å². The molecule has 0 aromatic rings. The standard InChI is InChI=1S/C6H11N/c7-5-6-3-1-2-4-6/h5H,1-4,7H2. The zero-order chi connectivity index (χ0) is 5.11. The highest BCUT2D eigenvalue weighted by Gasteiger charge is 2.03. The number of hydrogen-bond donors (Lipinski definition) is 1. The van der Waals surface area contributed by atoms with Crippen molar-refractivity contribution in [3.8, 4) is 0 Å². The van der Waals surface area contributed by atoms with Crippen molar-refractivity contribution < 1.29 is 0 Å². The summed E-state index contributed by atoms with van der Waals surface area (Å²) in [5.41, 5.74) is 6.72. The van der Waals surface area contributed by atoms with E-state index >= 15 is 0 Å². The Kier molecular flexibility index (Phi) is 1.35. The van der Waals surface area contributed by atoms with Gasteiger partial charge in [0.05, 0.1) is 0 Å². The molecule has 40 valence electrons. The van der Waals surface area contributed by atoms with Crippen LogP contribution < -0.4 is 5.73 Å². The molecule has 0 aliphatic heterocycles. The van der Waals surface area contributed by atoms with Crippen LogP contribution in [0, 0.1) is 0 Å². The van der Waals surface area contributed by atoms with Crippen LogP contribution in [0.15, 0.2) is 11.8 Å². The van der Waals surface area contributed by atoms with Crippen molar-refractivity contribution >= 4 is 0 Å². The lowest BCUT2D eigenvalue weighted by Gasteiger charge is -1.85. The summed E-state index contributed by atoms with van der Waals surface area (Å²) in [7, 11) is 0. The van der Waals surface area contributed by atoms with E-state index in [2.05, 4.69) is 0 Å². The first-order chi connectivity index (χ1) is 3.43. The summed E-state index contributed by atoms with van der Waals surface area (Å²) in [5, 5.41) is 0. The molecule has 0 heterocycles. The van der Waals surface area contributed by atoms with Gasteiger partial charge in [0.15, 0.2) is 0 Å². The van der Waals surface area contributed by atoms with E-state index in [0.717, 1.165) is 0 Å². The topological polar surface area (TPSA) is 26.0 Å². The van der Waals surface area contributed by atoms with E-state index in [1.54, 1.807) is 6.20 Å². The maximum absolute atomic E-state index is 5.27. The van der Waals surface area contributed by atoms with Gasteiger partial charge in [0.2, 0.25) is 0 Å². The quantitative estimate of drug-likeness (QED) is 0.486.